The molecule has 6 nitrogen and oxygen atoms in total. The summed E-state index contributed by atoms with van der Waals surface area (Å²) in [6, 6.07) is 14.6. The maximum atomic E-state index is 10.9. The number of anilines is 2. The Bertz CT molecular complexity index is 934. The molecule has 7 heteroatoms. The maximum Gasteiger partial charge on any atom is 0.335 e. The summed E-state index contributed by atoms with van der Waals surface area (Å²) in [4.78, 5) is 26.4. The average molecular weight is 381 g/mol. The molecule has 0 radical (unpaired) electrons. The number of nitrogens with zero attached hydrogens (tertiary/aromatic N) is 1. The molecule has 0 saturated carbocycles. The van der Waals surface area contributed by atoms with Crippen LogP contribution >= 0.6 is 11.3 Å². The van der Waals surface area contributed by atoms with Gasteiger partial charge in [-0.3, -0.25) is 4.79 Å². The summed E-state index contributed by atoms with van der Waals surface area (Å²) in [6.07, 6.45) is 0.788. The number of thiazole rings is 1. The minimum Gasteiger partial charge on any atom is -0.478 e. The van der Waals surface area contributed by atoms with Crippen molar-refractivity contribution < 1.29 is 14.7 Å². The summed E-state index contributed by atoms with van der Waals surface area (Å²) in [5.41, 5.74) is 4.08. The molecular formula is C20H19N3O3S. The fourth-order valence-corrected chi connectivity index (χ4v) is 3.25. The van der Waals surface area contributed by atoms with Crippen LogP contribution in [0.25, 0.3) is 11.3 Å². The molecule has 0 atom stereocenters. The molecule has 1 amide bonds. The zero-order valence-corrected chi connectivity index (χ0v) is 15.5. The summed E-state index contributed by atoms with van der Waals surface area (Å²) in [5, 5.41) is 17.6. The number of carbonyl (C=O) groups excluding carboxylic acids is 1. The van der Waals surface area contributed by atoms with Crippen LogP contribution in [0.15, 0.2) is 53.9 Å². The topological polar surface area (TPSA) is 91.3 Å². The van der Waals surface area contributed by atoms with Gasteiger partial charge in [0, 0.05) is 30.1 Å². The number of aromatic nitrogens is 1. The van der Waals surface area contributed by atoms with Crippen LogP contribution in [0.2, 0.25) is 0 Å². The van der Waals surface area contributed by atoms with E-state index in [9.17, 15) is 9.59 Å². The van der Waals surface area contributed by atoms with Crippen LogP contribution in [0, 0.1) is 0 Å². The number of carbonyl (C=O) groups is 2. The highest BCUT2D eigenvalue weighted by molar-refractivity contribution is 7.14. The molecule has 0 spiro atoms. The van der Waals surface area contributed by atoms with Crippen LogP contribution in [-0.2, 0) is 11.2 Å². The quantitative estimate of drug-likeness (QED) is 0.577. The van der Waals surface area contributed by atoms with Gasteiger partial charge in [-0.15, -0.1) is 11.3 Å². The van der Waals surface area contributed by atoms with Crippen LogP contribution in [-0.4, -0.2) is 28.5 Å². The summed E-state index contributed by atoms with van der Waals surface area (Å²) in [6.45, 7) is 2.14. The highest BCUT2D eigenvalue weighted by Gasteiger charge is 2.07. The first kappa shape index (κ1) is 18.6. The van der Waals surface area contributed by atoms with E-state index in [1.165, 1.54) is 18.3 Å². The number of hydrogen-bond acceptors (Lipinski definition) is 5. The lowest BCUT2D eigenvalue weighted by molar-refractivity contribution is -0.118. The number of carboxylic acid groups (broad SMARTS) is 1. The second-order valence-electron chi connectivity index (χ2n) is 5.98. The minimum atomic E-state index is -0.946. The van der Waals surface area contributed by atoms with Crippen molar-refractivity contribution in [1.82, 2.24) is 10.3 Å². The van der Waals surface area contributed by atoms with Gasteiger partial charge in [0.15, 0.2) is 5.13 Å². The van der Waals surface area contributed by atoms with Crippen molar-refractivity contribution in [2.75, 3.05) is 11.9 Å². The van der Waals surface area contributed by atoms with Gasteiger partial charge in [-0.1, -0.05) is 24.3 Å². The molecule has 0 bridgehead atoms. The largest absolute Gasteiger partial charge is 0.478 e. The molecule has 0 aliphatic heterocycles. The zero-order valence-electron chi connectivity index (χ0n) is 14.7. The molecule has 0 unspecified atom stereocenters. The van der Waals surface area contributed by atoms with Crippen molar-refractivity contribution in [2.24, 2.45) is 0 Å². The van der Waals surface area contributed by atoms with Crippen LogP contribution < -0.4 is 10.6 Å². The minimum absolute atomic E-state index is 0.0216. The third kappa shape index (κ3) is 5.15. The Labute approximate surface area is 160 Å². The third-order valence-corrected chi connectivity index (χ3v) is 4.68. The lowest BCUT2D eigenvalue weighted by Gasteiger charge is -2.04. The van der Waals surface area contributed by atoms with Crippen LogP contribution in [0.1, 0.15) is 22.8 Å². The van der Waals surface area contributed by atoms with E-state index in [0.717, 1.165) is 34.1 Å². The normalized spacial score (nSPS) is 10.4. The first-order valence-electron chi connectivity index (χ1n) is 8.41. The van der Waals surface area contributed by atoms with Gasteiger partial charge in [-0.25, -0.2) is 9.78 Å². The standard InChI is InChI=1S/C20H19N3O3S/c1-13(24)21-11-10-14-2-4-15(5-3-14)18-12-27-20(23-18)22-17-8-6-16(7-9-17)19(25)26/h2-9,12H,10-11H2,1H3,(H,21,24)(H,22,23)(H,25,26). The first-order chi connectivity index (χ1) is 13.0. The number of nitrogens with one attached hydrogen (secondary N) is 2. The SMILES string of the molecule is CC(=O)NCCc1ccc(-c2csc(Nc3ccc(C(=O)O)cc3)n2)cc1. The predicted molar refractivity (Wildman–Crippen MR) is 107 cm³/mol. The van der Waals surface area contributed by atoms with Gasteiger partial charge in [0.2, 0.25) is 5.91 Å². The van der Waals surface area contributed by atoms with Gasteiger partial charge in [0.1, 0.15) is 0 Å². The van der Waals surface area contributed by atoms with Gasteiger partial charge in [-0.05, 0) is 36.2 Å². The average Bonchev–Trinajstić information content (AvgIpc) is 3.11. The van der Waals surface area contributed by atoms with Crippen molar-refractivity contribution in [2.45, 2.75) is 13.3 Å². The van der Waals surface area contributed by atoms with E-state index in [0.29, 0.717) is 6.54 Å². The summed E-state index contributed by atoms with van der Waals surface area (Å²) in [5.74, 6) is -0.967. The van der Waals surface area contributed by atoms with Crippen molar-refractivity contribution in [1.29, 1.82) is 0 Å². The van der Waals surface area contributed by atoms with Gasteiger partial charge >= 0.3 is 5.97 Å². The molecule has 2 aromatic carbocycles. The van der Waals surface area contributed by atoms with E-state index in [1.54, 1.807) is 24.3 Å². The lowest BCUT2D eigenvalue weighted by atomic mass is 10.1. The van der Waals surface area contributed by atoms with E-state index in [4.69, 9.17) is 5.11 Å². The Morgan fingerprint density at radius 1 is 1.07 bits per heavy atom. The van der Waals surface area contributed by atoms with Crippen LogP contribution in [0.4, 0.5) is 10.8 Å². The molecule has 138 valence electrons. The number of hydrogen-bond donors (Lipinski definition) is 3. The molecule has 1 aromatic heterocycles. The Hall–Kier alpha value is -3.19. The Morgan fingerprint density at radius 2 is 1.78 bits per heavy atom. The molecule has 0 aliphatic carbocycles. The monoisotopic (exact) mass is 381 g/mol. The molecule has 3 N–H and O–H groups in total. The smallest absolute Gasteiger partial charge is 0.335 e. The third-order valence-electron chi connectivity index (χ3n) is 3.92. The molecule has 0 aliphatic rings. The van der Waals surface area contributed by atoms with Gasteiger partial charge in [0.05, 0.1) is 11.3 Å². The first-order valence-corrected chi connectivity index (χ1v) is 9.29. The molecule has 0 saturated heterocycles. The Balaban J connectivity index is 1.63. The van der Waals surface area contributed by atoms with Crippen molar-refractivity contribution in [3.63, 3.8) is 0 Å². The van der Waals surface area contributed by atoms with E-state index in [2.05, 4.69) is 15.6 Å². The van der Waals surface area contributed by atoms with E-state index >= 15 is 0 Å². The summed E-state index contributed by atoms with van der Waals surface area (Å²) in [7, 11) is 0. The molecule has 0 fully saturated rings. The van der Waals surface area contributed by atoms with Crippen molar-refractivity contribution >= 4 is 34.0 Å². The highest BCUT2D eigenvalue weighted by atomic mass is 32.1. The molecular weight excluding hydrogens is 362 g/mol. The number of benzene rings is 2. The van der Waals surface area contributed by atoms with Crippen LogP contribution in [0.3, 0.4) is 0 Å². The van der Waals surface area contributed by atoms with E-state index in [-0.39, 0.29) is 11.5 Å². The van der Waals surface area contributed by atoms with Gasteiger partial charge in [-0.2, -0.15) is 0 Å². The van der Waals surface area contributed by atoms with Gasteiger partial charge in [0.25, 0.3) is 0 Å². The van der Waals surface area contributed by atoms with E-state index < -0.39 is 5.97 Å². The van der Waals surface area contributed by atoms with Crippen molar-refractivity contribution in [3.8, 4) is 11.3 Å². The molecule has 1 heterocycles. The summed E-state index contributed by atoms with van der Waals surface area (Å²) < 4.78 is 0. The van der Waals surface area contributed by atoms with Gasteiger partial charge < -0.3 is 15.7 Å². The van der Waals surface area contributed by atoms with E-state index in [1.807, 2.05) is 29.6 Å². The number of aromatic carboxylic acids is 1. The second kappa shape index (κ2) is 8.46. The second-order valence-corrected chi connectivity index (χ2v) is 6.83. The Kier molecular flexibility index (Phi) is 5.83. The Morgan fingerprint density at radius 3 is 2.41 bits per heavy atom. The molecule has 3 aromatic rings. The predicted octanol–water partition coefficient (Wildman–Crippen LogP) is 3.93. The molecule has 3 rings (SSSR count). The zero-order chi connectivity index (χ0) is 19.2. The number of amides is 1. The summed E-state index contributed by atoms with van der Waals surface area (Å²) >= 11 is 1.48. The number of rotatable bonds is 7. The maximum absolute atomic E-state index is 10.9. The van der Waals surface area contributed by atoms with Crippen molar-refractivity contribution in [3.05, 3.63) is 65.0 Å². The number of carboxylic acids is 1. The lowest BCUT2D eigenvalue weighted by Crippen LogP contribution is -2.22. The molecule has 27 heavy (non-hydrogen) atoms. The highest BCUT2D eigenvalue weighted by Crippen LogP contribution is 2.27. The van der Waals surface area contributed by atoms with Crippen LogP contribution in [0.5, 0.6) is 0 Å². The fourth-order valence-electron chi connectivity index (χ4n) is 2.51. The fraction of sp³-hybridized carbons (Fsp3) is 0.150.